The summed E-state index contributed by atoms with van der Waals surface area (Å²) in [4.78, 5) is 2.55. The molecule has 2 heteroatoms. The maximum Gasteiger partial charge on any atom is 0.0540 e. The minimum Gasteiger partial charge on any atom is -0.393 e. The van der Waals surface area contributed by atoms with Gasteiger partial charge in [0.2, 0.25) is 0 Å². The molecule has 0 heterocycles. The summed E-state index contributed by atoms with van der Waals surface area (Å²) < 4.78 is 0. The molecule has 0 aromatic heterocycles. The molecule has 1 aliphatic rings. The van der Waals surface area contributed by atoms with Crippen LogP contribution in [-0.4, -0.2) is 29.2 Å². The lowest BCUT2D eigenvalue weighted by Gasteiger charge is -2.26. The molecular weight excluding hydrogens is 258 g/mol. The molecular formula is C19H31NO. The normalized spacial score (nSPS) is 22.7. The van der Waals surface area contributed by atoms with Gasteiger partial charge >= 0.3 is 0 Å². The molecule has 0 spiro atoms. The van der Waals surface area contributed by atoms with Gasteiger partial charge in [-0.25, -0.2) is 0 Å². The zero-order valence-electron chi connectivity index (χ0n) is 13.7. The van der Waals surface area contributed by atoms with Gasteiger partial charge in [-0.3, -0.25) is 4.90 Å². The lowest BCUT2D eigenvalue weighted by Crippen LogP contribution is -2.24. The van der Waals surface area contributed by atoms with Crippen molar-refractivity contribution in [3.05, 3.63) is 35.4 Å². The predicted molar refractivity (Wildman–Crippen MR) is 89.5 cm³/mol. The highest BCUT2D eigenvalue weighted by molar-refractivity contribution is 5.25. The SMILES string of the molecule is CCCN(CCC)Cc1ccc(C2CCC(O)CC2)cc1. The van der Waals surface area contributed by atoms with E-state index in [1.165, 1.54) is 37.1 Å². The van der Waals surface area contributed by atoms with Crippen LogP contribution in [0.15, 0.2) is 24.3 Å². The number of nitrogens with zero attached hydrogens (tertiary/aromatic N) is 1. The van der Waals surface area contributed by atoms with E-state index in [0.717, 1.165) is 32.2 Å². The van der Waals surface area contributed by atoms with Crippen molar-refractivity contribution in [2.75, 3.05) is 13.1 Å². The molecule has 21 heavy (non-hydrogen) atoms. The topological polar surface area (TPSA) is 23.5 Å². The zero-order chi connectivity index (χ0) is 15.1. The van der Waals surface area contributed by atoms with E-state index in [4.69, 9.17) is 0 Å². The molecule has 0 radical (unpaired) electrons. The summed E-state index contributed by atoms with van der Waals surface area (Å²) in [7, 11) is 0. The molecule has 2 rings (SSSR count). The van der Waals surface area contributed by atoms with E-state index in [2.05, 4.69) is 43.0 Å². The van der Waals surface area contributed by atoms with Crippen LogP contribution in [0, 0.1) is 0 Å². The summed E-state index contributed by atoms with van der Waals surface area (Å²) in [6, 6.07) is 9.24. The van der Waals surface area contributed by atoms with Gasteiger partial charge in [0, 0.05) is 6.54 Å². The Hall–Kier alpha value is -0.860. The summed E-state index contributed by atoms with van der Waals surface area (Å²) >= 11 is 0. The van der Waals surface area contributed by atoms with E-state index in [1.807, 2.05) is 0 Å². The van der Waals surface area contributed by atoms with Crippen LogP contribution < -0.4 is 0 Å². The van der Waals surface area contributed by atoms with Crippen molar-refractivity contribution in [2.24, 2.45) is 0 Å². The molecule has 0 amide bonds. The van der Waals surface area contributed by atoms with Gasteiger partial charge in [0.1, 0.15) is 0 Å². The minimum absolute atomic E-state index is 0.0582. The number of hydrogen-bond acceptors (Lipinski definition) is 2. The third kappa shape index (κ3) is 5.12. The molecule has 0 atom stereocenters. The van der Waals surface area contributed by atoms with Gasteiger partial charge in [-0.15, -0.1) is 0 Å². The fourth-order valence-corrected chi connectivity index (χ4v) is 3.46. The number of benzene rings is 1. The first kappa shape index (κ1) is 16.5. The highest BCUT2D eigenvalue weighted by atomic mass is 16.3. The van der Waals surface area contributed by atoms with E-state index in [0.29, 0.717) is 5.92 Å². The predicted octanol–water partition coefficient (Wildman–Crippen LogP) is 4.33. The number of hydrogen-bond donors (Lipinski definition) is 1. The molecule has 0 unspecified atom stereocenters. The Morgan fingerprint density at radius 1 is 0.952 bits per heavy atom. The number of aliphatic hydroxyl groups is 1. The molecule has 0 bridgehead atoms. The lowest BCUT2D eigenvalue weighted by molar-refractivity contribution is 0.122. The van der Waals surface area contributed by atoms with Crippen LogP contribution in [0.5, 0.6) is 0 Å². The van der Waals surface area contributed by atoms with E-state index in [1.54, 1.807) is 0 Å². The van der Waals surface area contributed by atoms with Crippen LogP contribution in [0.4, 0.5) is 0 Å². The van der Waals surface area contributed by atoms with Crippen molar-refractivity contribution < 1.29 is 5.11 Å². The summed E-state index contributed by atoms with van der Waals surface area (Å²) in [5, 5.41) is 9.61. The van der Waals surface area contributed by atoms with Gasteiger partial charge in [0.05, 0.1) is 6.10 Å². The molecule has 1 aromatic carbocycles. The molecule has 1 aliphatic carbocycles. The first-order chi connectivity index (χ1) is 10.2. The minimum atomic E-state index is -0.0582. The standard InChI is InChI=1S/C19H31NO/c1-3-13-20(14-4-2)15-16-5-7-17(8-6-16)18-9-11-19(21)12-10-18/h5-8,18-19,21H,3-4,9-15H2,1-2H3. The average Bonchev–Trinajstić information content (AvgIpc) is 2.49. The molecule has 118 valence electrons. The van der Waals surface area contributed by atoms with Crippen molar-refractivity contribution in [3.63, 3.8) is 0 Å². The molecule has 1 fully saturated rings. The van der Waals surface area contributed by atoms with Crippen molar-refractivity contribution in [1.29, 1.82) is 0 Å². The Morgan fingerprint density at radius 3 is 2.05 bits per heavy atom. The van der Waals surface area contributed by atoms with Gasteiger partial charge in [-0.1, -0.05) is 38.1 Å². The van der Waals surface area contributed by atoms with Gasteiger partial charge in [0.15, 0.2) is 0 Å². The van der Waals surface area contributed by atoms with Crippen LogP contribution in [0.25, 0.3) is 0 Å². The van der Waals surface area contributed by atoms with Crippen molar-refractivity contribution >= 4 is 0 Å². The Bertz CT molecular complexity index is 387. The average molecular weight is 289 g/mol. The van der Waals surface area contributed by atoms with Crippen LogP contribution in [0.3, 0.4) is 0 Å². The Morgan fingerprint density at radius 2 is 1.52 bits per heavy atom. The molecule has 1 N–H and O–H groups in total. The van der Waals surface area contributed by atoms with E-state index >= 15 is 0 Å². The summed E-state index contributed by atoms with van der Waals surface area (Å²) in [6.07, 6.45) is 6.60. The summed E-state index contributed by atoms with van der Waals surface area (Å²) in [5.41, 5.74) is 2.89. The Labute approximate surface area is 130 Å². The van der Waals surface area contributed by atoms with E-state index in [-0.39, 0.29) is 6.10 Å². The van der Waals surface area contributed by atoms with Crippen LogP contribution in [0.1, 0.15) is 69.4 Å². The Kier molecular flexibility index (Phi) is 6.72. The quantitative estimate of drug-likeness (QED) is 0.807. The summed E-state index contributed by atoms with van der Waals surface area (Å²) in [5.74, 6) is 0.657. The number of aliphatic hydroxyl groups excluding tert-OH is 1. The summed E-state index contributed by atoms with van der Waals surface area (Å²) in [6.45, 7) is 7.96. The molecule has 1 saturated carbocycles. The monoisotopic (exact) mass is 289 g/mol. The molecule has 1 aromatic rings. The van der Waals surface area contributed by atoms with Crippen molar-refractivity contribution in [2.45, 2.75) is 70.9 Å². The van der Waals surface area contributed by atoms with Gasteiger partial charge in [-0.05, 0) is 68.7 Å². The van der Waals surface area contributed by atoms with Crippen LogP contribution in [-0.2, 0) is 6.54 Å². The van der Waals surface area contributed by atoms with Gasteiger partial charge < -0.3 is 5.11 Å². The van der Waals surface area contributed by atoms with Gasteiger partial charge in [0.25, 0.3) is 0 Å². The Balaban J connectivity index is 1.91. The van der Waals surface area contributed by atoms with Gasteiger partial charge in [-0.2, -0.15) is 0 Å². The van der Waals surface area contributed by atoms with Crippen LogP contribution in [0.2, 0.25) is 0 Å². The smallest absolute Gasteiger partial charge is 0.0540 e. The second-order valence-corrected chi connectivity index (χ2v) is 6.52. The maximum absolute atomic E-state index is 9.61. The fourth-order valence-electron chi connectivity index (χ4n) is 3.46. The second kappa shape index (κ2) is 8.55. The van der Waals surface area contributed by atoms with Crippen LogP contribution >= 0.6 is 0 Å². The maximum atomic E-state index is 9.61. The fraction of sp³-hybridized carbons (Fsp3) is 0.684. The second-order valence-electron chi connectivity index (χ2n) is 6.52. The molecule has 0 aliphatic heterocycles. The first-order valence-electron chi connectivity index (χ1n) is 8.72. The first-order valence-corrected chi connectivity index (χ1v) is 8.72. The molecule has 2 nitrogen and oxygen atoms in total. The van der Waals surface area contributed by atoms with E-state index in [9.17, 15) is 5.11 Å². The van der Waals surface area contributed by atoms with E-state index < -0.39 is 0 Å². The van der Waals surface area contributed by atoms with Crippen molar-refractivity contribution in [3.8, 4) is 0 Å². The highest BCUT2D eigenvalue weighted by Gasteiger charge is 2.20. The number of rotatable bonds is 7. The van der Waals surface area contributed by atoms with Crippen molar-refractivity contribution in [1.82, 2.24) is 4.90 Å². The molecule has 0 saturated heterocycles. The third-order valence-electron chi connectivity index (χ3n) is 4.63. The highest BCUT2D eigenvalue weighted by Crippen LogP contribution is 2.32. The zero-order valence-corrected chi connectivity index (χ0v) is 13.7. The lowest BCUT2D eigenvalue weighted by atomic mass is 9.82. The largest absolute Gasteiger partial charge is 0.393 e. The third-order valence-corrected chi connectivity index (χ3v) is 4.63.